The normalized spacial score (nSPS) is 12.4. The van der Waals surface area contributed by atoms with Crippen molar-refractivity contribution in [2.45, 2.75) is 6.04 Å². The number of methoxy groups -OCH3 is 1. The predicted molar refractivity (Wildman–Crippen MR) is 80.9 cm³/mol. The summed E-state index contributed by atoms with van der Waals surface area (Å²) in [6.45, 7) is 0. The molecule has 1 atom stereocenters. The zero-order valence-corrected chi connectivity index (χ0v) is 13.2. The quantitative estimate of drug-likeness (QED) is 0.881. The molecule has 0 saturated heterocycles. The Kier molecular flexibility index (Phi) is 4.67. The van der Waals surface area contributed by atoms with Crippen LogP contribution in [-0.4, -0.2) is 14.2 Å². The van der Waals surface area contributed by atoms with Gasteiger partial charge in [0.25, 0.3) is 0 Å². The van der Waals surface area contributed by atoms with Crippen LogP contribution < -0.4 is 10.1 Å². The SMILES string of the molecule is CNC(c1ccc(Cl)s1)c1ccc(OC)cc1Br. The van der Waals surface area contributed by atoms with Gasteiger partial charge in [0.2, 0.25) is 0 Å². The molecule has 0 bridgehead atoms. The largest absolute Gasteiger partial charge is 0.497 e. The van der Waals surface area contributed by atoms with E-state index in [1.54, 1.807) is 18.4 Å². The molecule has 2 aromatic rings. The Balaban J connectivity index is 2.39. The van der Waals surface area contributed by atoms with Crippen LogP contribution in [-0.2, 0) is 0 Å². The number of hydrogen-bond acceptors (Lipinski definition) is 3. The molecule has 18 heavy (non-hydrogen) atoms. The molecule has 1 heterocycles. The van der Waals surface area contributed by atoms with Crippen LogP contribution >= 0.6 is 38.9 Å². The van der Waals surface area contributed by atoms with Gasteiger partial charge in [-0.1, -0.05) is 33.6 Å². The van der Waals surface area contributed by atoms with E-state index < -0.39 is 0 Å². The van der Waals surface area contributed by atoms with E-state index in [-0.39, 0.29) is 6.04 Å². The molecule has 0 spiro atoms. The lowest BCUT2D eigenvalue weighted by Crippen LogP contribution is -2.16. The van der Waals surface area contributed by atoms with Crippen molar-refractivity contribution in [2.75, 3.05) is 14.2 Å². The molecule has 0 aliphatic heterocycles. The second kappa shape index (κ2) is 6.06. The number of thiophene rings is 1. The van der Waals surface area contributed by atoms with Gasteiger partial charge in [-0.2, -0.15) is 0 Å². The molecule has 1 aromatic heterocycles. The van der Waals surface area contributed by atoms with Crippen molar-refractivity contribution in [3.05, 3.63) is 49.6 Å². The van der Waals surface area contributed by atoms with Gasteiger partial charge in [-0.25, -0.2) is 0 Å². The zero-order valence-electron chi connectivity index (χ0n) is 10.0. The smallest absolute Gasteiger partial charge is 0.120 e. The number of halogens is 2. The molecule has 1 aromatic carbocycles. The molecule has 1 unspecified atom stereocenters. The van der Waals surface area contributed by atoms with E-state index in [2.05, 4.69) is 27.3 Å². The van der Waals surface area contributed by atoms with Crippen LogP contribution in [0.5, 0.6) is 5.75 Å². The zero-order chi connectivity index (χ0) is 13.1. The summed E-state index contributed by atoms with van der Waals surface area (Å²) < 4.78 is 7.02. The van der Waals surface area contributed by atoms with Gasteiger partial charge in [0.1, 0.15) is 5.75 Å². The summed E-state index contributed by atoms with van der Waals surface area (Å²) >= 11 is 11.2. The van der Waals surface area contributed by atoms with E-state index in [9.17, 15) is 0 Å². The van der Waals surface area contributed by atoms with Gasteiger partial charge in [0.05, 0.1) is 17.5 Å². The number of rotatable bonds is 4. The van der Waals surface area contributed by atoms with Crippen LogP contribution in [0, 0.1) is 0 Å². The van der Waals surface area contributed by atoms with E-state index in [4.69, 9.17) is 16.3 Å². The van der Waals surface area contributed by atoms with Crippen LogP contribution in [0.3, 0.4) is 0 Å². The monoisotopic (exact) mass is 345 g/mol. The first-order chi connectivity index (χ1) is 8.65. The molecule has 5 heteroatoms. The maximum Gasteiger partial charge on any atom is 0.120 e. The molecule has 0 saturated carbocycles. The van der Waals surface area contributed by atoms with Gasteiger partial charge in [0.15, 0.2) is 0 Å². The molecule has 0 amide bonds. The summed E-state index contributed by atoms with van der Waals surface area (Å²) in [5, 5.41) is 3.31. The molecular weight excluding hydrogens is 334 g/mol. The lowest BCUT2D eigenvalue weighted by molar-refractivity contribution is 0.414. The van der Waals surface area contributed by atoms with E-state index >= 15 is 0 Å². The van der Waals surface area contributed by atoms with Crippen LogP contribution in [0.1, 0.15) is 16.5 Å². The Morgan fingerprint density at radius 3 is 2.61 bits per heavy atom. The van der Waals surface area contributed by atoms with E-state index in [1.807, 2.05) is 31.3 Å². The summed E-state index contributed by atoms with van der Waals surface area (Å²) in [5.41, 5.74) is 1.16. The standard InChI is InChI=1S/C13H13BrClNOS/c1-16-13(11-5-6-12(15)18-11)9-4-3-8(17-2)7-10(9)14/h3-7,13,16H,1-2H3. The second-order valence-corrected chi connectivity index (χ2v) is 6.35. The van der Waals surface area contributed by atoms with Crippen LogP contribution in [0.15, 0.2) is 34.8 Å². The molecule has 1 N–H and O–H groups in total. The Bertz CT molecular complexity index is 544. The van der Waals surface area contributed by atoms with Crippen molar-refractivity contribution in [3.8, 4) is 5.75 Å². The lowest BCUT2D eigenvalue weighted by atomic mass is 10.1. The third-order valence-electron chi connectivity index (χ3n) is 2.69. The van der Waals surface area contributed by atoms with Crippen molar-refractivity contribution >= 4 is 38.9 Å². The molecular formula is C13H13BrClNOS. The number of ether oxygens (including phenoxy) is 1. The fourth-order valence-corrected chi connectivity index (χ4v) is 3.58. The maximum atomic E-state index is 6.00. The third kappa shape index (κ3) is 2.88. The Labute approximate surface area is 124 Å². The lowest BCUT2D eigenvalue weighted by Gasteiger charge is -2.17. The molecule has 0 fully saturated rings. The average molecular weight is 347 g/mol. The molecule has 0 aliphatic carbocycles. The van der Waals surface area contributed by atoms with E-state index in [0.717, 1.165) is 20.1 Å². The Morgan fingerprint density at radius 2 is 2.11 bits per heavy atom. The summed E-state index contributed by atoms with van der Waals surface area (Å²) in [6, 6.07) is 10.1. The number of nitrogens with one attached hydrogen (secondary N) is 1. The van der Waals surface area contributed by atoms with Gasteiger partial charge in [-0.3, -0.25) is 0 Å². The van der Waals surface area contributed by atoms with Gasteiger partial charge < -0.3 is 10.1 Å². The molecule has 96 valence electrons. The summed E-state index contributed by atoms with van der Waals surface area (Å²) in [4.78, 5) is 1.19. The van der Waals surface area contributed by atoms with Crippen LogP contribution in [0.2, 0.25) is 4.34 Å². The van der Waals surface area contributed by atoms with Crippen molar-refractivity contribution in [1.29, 1.82) is 0 Å². The Hall–Kier alpha value is -0.550. The van der Waals surface area contributed by atoms with Gasteiger partial charge in [-0.15, -0.1) is 11.3 Å². The van der Waals surface area contributed by atoms with Gasteiger partial charge in [0, 0.05) is 9.35 Å². The first kappa shape index (κ1) is 13.9. The van der Waals surface area contributed by atoms with Crippen LogP contribution in [0.25, 0.3) is 0 Å². The minimum absolute atomic E-state index is 0.128. The summed E-state index contributed by atoms with van der Waals surface area (Å²) in [7, 11) is 3.60. The summed E-state index contributed by atoms with van der Waals surface area (Å²) in [6.07, 6.45) is 0. The molecule has 0 radical (unpaired) electrons. The van der Waals surface area contributed by atoms with Crippen molar-refractivity contribution in [3.63, 3.8) is 0 Å². The van der Waals surface area contributed by atoms with Crippen molar-refractivity contribution < 1.29 is 4.74 Å². The highest BCUT2D eigenvalue weighted by atomic mass is 79.9. The van der Waals surface area contributed by atoms with Crippen LogP contribution in [0.4, 0.5) is 0 Å². The number of hydrogen-bond donors (Lipinski definition) is 1. The second-order valence-electron chi connectivity index (χ2n) is 3.75. The van der Waals surface area contributed by atoms with E-state index in [0.29, 0.717) is 0 Å². The minimum atomic E-state index is 0.128. The highest BCUT2D eigenvalue weighted by Gasteiger charge is 2.17. The maximum absolute atomic E-state index is 6.00. The van der Waals surface area contributed by atoms with Crippen molar-refractivity contribution in [2.24, 2.45) is 0 Å². The minimum Gasteiger partial charge on any atom is -0.497 e. The summed E-state index contributed by atoms with van der Waals surface area (Å²) in [5.74, 6) is 0.838. The molecule has 2 rings (SSSR count). The van der Waals surface area contributed by atoms with Crippen molar-refractivity contribution in [1.82, 2.24) is 5.32 Å². The predicted octanol–water partition coefficient (Wildman–Crippen LogP) is 4.48. The molecule has 0 aliphatic rings. The fourth-order valence-electron chi connectivity index (χ4n) is 1.80. The first-order valence-electron chi connectivity index (χ1n) is 5.41. The first-order valence-corrected chi connectivity index (χ1v) is 7.40. The highest BCUT2D eigenvalue weighted by molar-refractivity contribution is 9.10. The third-order valence-corrected chi connectivity index (χ3v) is 4.67. The van der Waals surface area contributed by atoms with Gasteiger partial charge >= 0.3 is 0 Å². The Morgan fingerprint density at radius 1 is 1.33 bits per heavy atom. The van der Waals surface area contributed by atoms with Gasteiger partial charge in [-0.05, 0) is 36.9 Å². The van der Waals surface area contributed by atoms with E-state index in [1.165, 1.54) is 4.88 Å². The average Bonchev–Trinajstić information content (AvgIpc) is 2.78. The molecule has 2 nitrogen and oxygen atoms in total. The highest BCUT2D eigenvalue weighted by Crippen LogP contribution is 2.35. The number of benzene rings is 1. The fraction of sp³-hybridized carbons (Fsp3) is 0.231. The topological polar surface area (TPSA) is 21.3 Å².